The van der Waals surface area contributed by atoms with Crippen LogP contribution in [0.2, 0.25) is 0 Å². The summed E-state index contributed by atoms with van der Waals surface area (Å²) in [7, 11) is 0. The summed E-state index contributed by atoms with van der Waals surface area (Å²) in [5, 5.41) is 14.2. The van der Waals surface area contributed by atoms with Crippen molar-refractivity contribution >= 4 is 17.4 Å². The molecule has 0 aliphatic carbocycles. The standard InChI is InChI=1S/C20H20F4N6O/c1-11-12(2)17-26-27-19(20(22,23)24)30(17)28-16(11)25-13-7-9-29(10-8-13)18(31)14-5-3-4-6-15(14)21/h3-6,13H,7-10H2,1-2H3,(H,25,28). The van der Waals surface area contributed by atoms with Crippen LogP contribution in [0.5, 0.6) is 0 Å². The van der Waals surface area contributed by atoms with Crippen LogP contribution in [0.15, 0.2) is 24.3 Å². The summed E-state index contributed by atoms with van der Waals surface area (Å²) in [5.74, 6) is -1.80. The van der Waals surface area contributed by atoms with Crippen molar-refractivity contribution in [3.8, 4) is 0 Å². The largest absolute Gasteiger partial charge is 0.453 e. The van der Waals surface area contributed by atoms with Gasteiger partial charge in [-0.15, -0.1) is 15.3 Å². The number of alkyl halides is 3. The van der Waals surface area contributed by atoms with E-state index in [1.54, 1.807) is 24.8 Å². The second-order valence-electron chi connectivity index (χ2n) is 7.55. The van der Waals surface area contributed by atoms with Crippen LogP contribution in [0.3, 0.4) is 0 Å². The maximum absolute atomic E-state index is 13.9. The molecule has 0 atom stereocenters. The second-order valence-corrected chi connectivity index (χ2v) is 7.55. The van der Waals surface area contributed by atoms with Gasteiger partial charge in [0, 0.05) is 24.7 Å². The highest BCUT2D eigenvalue weighted by Gasteiger charge is 2.38. The van der Waals surface area contributed by atoms with E-state index >= 15 is 0 Å². The third kappa shape index (κ3) is 3.91. The first-order valence-electron chi connectivity index (χ1n) is 9.77. The highest BCUT2D eigenvalue weighted by Crippen LogP contribution is 2.30. The number of aryl methyl sites for hydroxylation is 1. The topological polar surface area (TPSA) is 75.4 Å². The van der Waals surface area contributed by atoms with Crippen molar-refractivity contribution in [3.63, 3.8) is 0 Å². The molecule has 1 aliphatic heterocycles. The predicted octanol–water partition coefficient (Wildman–Crippen LogP) is 3.62. The number of halogens is 4. The van der Waals surface area contributed by atoms with Crippen molar-refractivity contribution in [2.24, 2.45) is 0 Å². The number of fused-ring (bicyclic) bond motifs is 1. The summed E-state index contributed by atoms with van der Waals surface area (Å²) >= 11 is 0. The number of piperidine rings is 1. The fraction of sp³-hybridized carbons (Fsp3) is 0.400. The Labute approximate surface area is 175 Å². The van der Waals surface area contributed by atoms with E-state index < -0.39 is 17.8 Å². The Morgan fingerprint density at radius 3 is 2.42 bits per heavy atom. The lowest BCUT2D eigenvalue weighted by molar-refractivity contribution is -0.146. The van der Waals surface area contributed by atoms with E-state index in [9.17, 15) is 22.4 Å². The molecule has 0 bridgehead atoms. The van der Waals surface area contributed by atoms with Gasteiger partial charge in [-0.3, -0.25) is 4.79 Å². The van der Waals surface area contributed by atoms with E-state index in [1.807, 2.05) is 0 Å². The molecule has 0 spiro atoms. The molecule has 1 saturated heterocycles. The first-order chi connectivity index (χ1) is 14.7. The third-order valence-corrected chi connectivity index (χ3v) is 5.57. The first-order valence-corrected chi connectivity index (χ1v) is 9.77. The number of aromatic nitrogens is 4. The zero-order valence-electron chi connectivity index (χ0n) is 16.9. The average molecular weight is 436 g/mol. The van der Waals surface area contributed by atoms with Crippen LogP contribution in [0.25, 0.3) is 5.65 Å². The Balaban J connectivity index is 1.50. The number of anilines is 1. The molecule has 1 aliphatic rings. The van der Waals surface area contributed by atoms with Crippen molar-refractivity contribution < 1.29 is 22.4 Å². The van der Waals surface area contributed by atoms with E-state index in [-0.39, 0.29) is 23.2 Å². The number of nitrogens with one attached hydrogen (secondary N) is 1. The first kappa shape index (κ1) is 21.0. The Morgan fingerprint density at radius 1 is 1.10 bits per heavy atom. The summed E-state index contributed by atoms with van der Waals surface area (Å²) in [6.07, 6.45) is -3.58. The number of likely N-dealkylation sites (tertiary alicyclic amines) is 1. The number of carbonyl (C=O) groups excluding carboxylic acids is 1. The number of amides is 1. The van der Waals surface area contributed by atoms with Gasteiger partial charge >= 0.3 is 6.18 Å². The number of benzene rings is 1. The molecule has 0 radical (unpaired) electrons. The Hall–Kier alpha value is -3.24. The molecule has 1 amide bonds. The smallest absolute Gasteiger partial charge is 0.366 e. The van der Waals surface area contributed by atoms with Gasteiger partial charge in [-0.05, 0) is 44.4 Å². The van der Waals surface area contributed by atoms with E-state index in [0.29, 0.717) is 47.4 Å². The van der Waals surface area contributed by atoms with Crippen LogP contribution < -0.4 is 5.32 Å². The fourth-order valence-electron chi connectivity index (χ4n) is 3.67. The van der Waals surface area contributed by atoms with Gasteiger partial charge in [-0.2, -0.15) is 17.7 Å². The minimum Gasteiger partial charge on any atom is -0.366 e. The molecule has 164 valence electrons. The van der Waals surface area contributed by atoms with Crippen LogP contribution in [0.1, 0.15) is 40.2 Å². The average Bonchev–Trinajstić information content (AvgIpc) is 3.17. The van der Waals surface area contributed by atoms with E-state index in [0.717, 1.165) is 0 Å². The van der Waals surface area contributed by atoms with Gasteiger partial charge in [0.05, 0.1) is 5.56 Å². The number of rotatable bonds is 3. The SMILES string of the molecule is Cc1c(NC2CCN(C(=O)c3ccccc3F)CC2)nn2c(C(F)(F)F)nnc2c1C. The van der Waals surface area contributed by atoms with Gasteiger partial charge in [-0.1, -0.05) is 12.1 Å². The summed E-state index contributed by atoms with van der Waals surface area (Å²) in [4.78, 5) is 14.1. The number of hydrogen-bond donors (Lipinski definition) is 1. The van der Waals surface area contributed by atoms with Crippen LogP contribution in [-0.4, -0.2) is 49.7 Å². The molecule has 3 heterocycles. The molecule has 1 N–H and O–H groups in total. The van der Waals surface area contributed by atoms with Gasteiger partial charge in [0.1, 0.15) is 5.82 Å². The van der Waals surface area contributed by atoms with Crippen molar-refractivity contribution in [2.45, 2.75) is 38.9 Å². The van der Waals surface area contributed by atoms with Gasteiger partial charge in [0.15, 0.2) is 11.5 Å². The van der Waals surface area contributed by atoms with Crippen molar-refractivity contribution in [1.82, 2.24) is 24.7 Å². The molecule has 31 heavy (non-hydrogen) atoms. The van der Waals surface area contributed by atoms with Gasteiger partial charge < -0.3 is 10.2 Å². The molecule has 3 aromatic rings. The van der Waals surface area contributed by atoms with Crippen molar-refractivity contribution in [3.05, 3.63) is 52.6 Å². The Morgan fingerprint density at radius 2 is 1.77 bits per heavy atom. The number of carbonyl (C=O) groups is 1. The minimum atomic E-state index is -4.68. The number of nitrogens with zero attached hydrogens (tertiary/aromatic N) is 5. The number of hydrogen-bond acceptors (Lipinski definition) is 5. The third-order valence-electron chi connectivity index (χ3n) is 5.57. The zero-order chi connectivity index (χ0) is 22.3. The summed E-state index contributed by atoms with van der Waals surface area (Å²) < 4.78 is 54.2. The predicted molar refractivity (Wildman–Crippen MR) is 104 cm³/mol. The van der Waals surface area contributed by atoms with Crippen molar-refractivity contribution in [2.75, 3.05) is 18.4 Å². The van der Waals surface area contributed by atoms with Gasteiger partial charge in [-0.25, -0.2) is 4.39 Å². The van der Waals surface area contributed by atoms with Crippen LogP contribution in [0, 0.1) is 19.7 Å². The van der Waals surface area contributed by atoms with Crippen molar-refractivity contribution in [1.29, 1.82) is 0 Å². The van der Waals surface area contributed by atoms with Crippen LogP contribution in [-0.2, 0) is 6.18 Å². The molecular weight excluding hydrogens is 416 g/mol. The van der Waals surface area contributed by atoms with Gasteiger partial charge in [0.2, 0.25) is 0 Å². The maximum atomic E-state index is 13.9. The lowest BCUT2D eigenvalue weighted by Gasteiger charge is -2.33. The molecular formula is C20H20F4N6O. The van der Waals surface area contributed by atoms with Gasteiger partial charge in [0.25, 0.3) is 11.7 Å². The molecule has 4 rings (SSSR count). The molecule has 2 aromatic heterocycles. The lowest BCUT2D eigenvalue weighted by atomic mass is 10.0. The van der Waals surface area contributed by atoms with Crippen LogP contribution >= 0.6 is 0 Å². The highest BCUT2D eigenvalue weighted by atomic mass is 19.4. The second kappa shape index (κ2) is 7.78. The molecule has 1 fully saturated rings. The maximum Gasteiger partial charge on any atom is 0.453 e. The lowest BCUT2D eigenvalue weighted by Crippen LogP contribution is -2.42. The monoisotopic (exact) mass is 436 g/mol. The molecule has 0 saturated carbocycles. The van der Waals surface area contributed by atoms with Crippen LogP contribution in [0.4, 0.5) is 23.4 Å². The normalized spacial score (nSPS) is 15.5. The minimum absolute atomic E-state index is 0.0276. The highest BCUT2D eigenvalue weighted by molar-refractivity contribution is 5.94. The molecule has 0 unspecified atom stereocenters. The Bertz CT molecular complexity index is 1130. The van der Waals surface area contributed by atoms with E-state index in [4.69, 9.17) is 0 Å². The summed E-state index contributed by atoms with van der Waals surface area (Å²) in [5.41, 5.74) is 1.31. The zero-order valence-corrected chi connectivity index (χ0v) is 16.9. The quantitative estimate of drug-likeness (QED) is 0.635. The summed E-state index contributed by atoms with van der Waals surface area (Å²) in [6, 6.07) is 5.73. The Kier molecular flexibility index (Phi) is 5.28. The molecule has 7 nitrogen and oxygen atoms in total. The van der Waals surface area contributed by atoms with E-state index in [2.05, 4.69) is 20.6 Å². The molecule has 1 aromatic carbocycles. The van der Waals surface area contributed by atoms with E-state index in [1.165, 1.54) is 18.2 Å². The fourth-order valence-corrected chi connectivity index (χ4v) is 3.67. The molecule has 11 heteroatoms. The summed E-state index contributed by atoms with van der Waals surface area (Å²) in [6.45, 7) is 4.21.